The summed E-state index contributed by atoms with van der Waals surface area (Å²) in [7, 11) is 0. The van der Waals surface area contributed by atoms with E-state index in [9.17, 15) is 4.79 Å². The largest absolute Gasteiger partial charge is 0.502 e. The van der Waals surface area contributed by atoms with Gasteiger partial charge in [0.25, 0.3) is 0 Å². The van der Waals surface area contributed by atoms with Crippen molar-refractivity contribution in [1.29, 1.82) is 0 Å². The molecule has 0 atom stereocenters. The SMILES string of the molecule is O=c1cc(CI)occ1O. The van der Waals surface area contributed by atoms with Crippen LogP contribution in [-0.2, 0) is 4.43 Å². The molecule has 1 aromatic heterocycles. The minimum Gasteiger partial charge on any atom is -0.502 e. The minimum atomic E-state index is -0.391. The van der Waals surface area contributed by atoms with Crippen molar-refractivity contribution in [2.45, 2.75) is 4.43 Å². The first-order valence-electron chi connectivity index (χ1n) is 2.60. The van der Waals surface area contributed by atoms with Gasteiger partial charge in [0.15, 0.2) is 5.75 Å². The highest BCUT2D eigenvalue weighted by atomic mass is 127. The Labute approximate surface area is 70.8 Å². The van der Waals surface area contributed by atoms with Gasteiger partial charge in [-0.3, -0.25) is 4.79 Å². The van der Waals surface area contributed by atoms with E-state index in [1.165, 1.54) is 6.07 Å². The maximum atomic E-state index is 10.7. The van der Waals surface area contributed by atoms with Crippen molar-refractivity contribution in [3.05, 3.63) is 28.3 Å². The van der Waals surface area contributed by atoms with Gasteiger partial charge >= 0.3 is 0 Å². The molecule has 0 amide bonds. The average molecular weight is 252 g/mol. The van der Waals surface area contributed by atoms with E-state index in [4.69, 9.17) is 9.52 Å². The van der Waals surface area contributed by atoms with Crippen LogP contribution in [0.4, 0.5) is 0 Å². The third-order valence-corrected chi connectivity index (χ3v) is 1.75. The van der Waals surface area contributed by atoms with Gasteiger partial charge in [-0.1, -0.05) is 22.6 Å². The van der Waals surface area contributed by atoms with Crippen molar-refractivity contribution >= 4 is 22.6 Å². The van der Waals surface area contributed by atoms with Gasteiger partial charge in [-0.2, -0.15) is 0 Å². The molecule has 0 saturated carbocycles. The van der Waals surface area contributed by atoms with E-state index in [-0.39, 0.29) is 5.75 Å². The molecule has 0 unspecified atom stereocenters. The van der Waals surface area contributed by atoms with Gasteiger partial charge in [0.05, 0.1) is 4.43 Å². The first kappa shape index (κ1) is 7.59. The zero-order valence-electron chi connectivity index (χ0n) is 5.00. The standard InChI is InChI=1S/C6H5IO3/c7-2-4-1-5(8)6(9)3-10-4/h1,3,9H,2H2. The lowest BCUT2D eigenvalue weighted by Crippen LogP contribution is -1.98. The Morgan fingerprint density at radius 2 is 2.40 bits per heavy atom. The second-order valence-corrected chi connectivity index (χ2v) is 2.49. The number of alkyl halides is 1. The molecule has 0 aliphatic carbocycles. The number of rotatable bonds is 1. The summed E-state index contributed by atoms with van der Waals surface area (Å²) in [5.74, 6) is 0.233. The Morgan fingerprint density at radius 3 is 2.90 bits per heavy atom. The summed E-state index contributed by atoms with van der Waals surface area (Å²) in [6, 6.07) is 1.28. The topological polar surface area (TPSA) is 50.4 Å². The predicted molar refractivity (Wildman–Crippen MR) is 44.4 cm³/mol. The minimum absolute atomic E-state index is 0.339. The average Bonchev–Trinajstić information content (AvgIpc) is 1.95. The predicted octanol–water partition coefficient (Wildman–Crippen LogP) is 1.28. The van der Waals surface area contributed by atoms with E-state index >= 15 is 0 Å². The highest BCUT2D eigenvalue weighted by Gasteiger charge is 1.98. The molecule has 0 radical (unpaired) electrons. The van der Waals surface area contributed by atoms with E-state index in [0.29, 0.717) is 10.2 Å². The monoisotopic (exact) mass is 252 g/mol. The smallest absolute Gasteiger partial charge is 0.226 e. The van der Waals surface area contributed by atoms with Crippen molar-refractivity contribution in [3.63, 3.8) is 0 Å². The molecule has 0 aromatic carbocycles. The van der Waals surface area contributed by atoms with Crippen LogP contribution in [0.15, 0.2) is 21.5 Å². The molecule has 3 nitrogen and oxygen atoms in total. The first-order chi connectivity index (χ1) is 4.74. The van der Waals surface area contributed by atoms with Crippen molar-refractivity contribution in [2.24, 2.45) is 0 Å². The Balaban J connectivity index is 3.17. The van der Waals surface area contributed by atoms with E-state index in [1.54, 1.807) is 0 Å². The van der Waals surface area contributed by atoms with Crippen molar-refractivity contribution < 1.29 is 9.52 Å². The second-order valence-electron chi connectivity index (χ2n) is 1.73. The number of halogens is 1. The number of hydrogen-bond donors (Lipinski definition) is 1. The fourth-order valence-corrected chi connectivity index (χ4v) is 0.914. The Kier molecular flexibility index (Phi) is 2.31. The maximum absolute atomic E-state index is 10.7. The van der Waals surface area contributed by atoms with Gasteiger partial charge in [-0.15, -0.1) is 0 Å². The summed E-state index contributed by atoms with van der Waals surface area (Å²) in [5.41, 5.74) is -0.391. The summed E-state index contributed by atoms with van der Waals surface area (Å²) in [4.78, 5) is 10.7. The van der Waals surface area contributed by atoms with Crippen LogP contribution in [0.3, 0.4) is 0 Å². The van der Waals surface area contributed by atoms with Crippen LogP contribution in [0.25, 0.3) is 0 Å². The van der Waals surface area contributed by atoms with E-state index in [1.807, 2.05) is 0 Å². The van der Waals surface area contributed by atoms with E-state index in [2.05, 4.69) is 22.6 Å². The van der Waals surface area contributed by atoms with Crippen LogP contribution in [0.2, 0.25) is 0 Å². The first-order valence-corrected chi connectivity index (χ1v) is 4.13. The third kappa shape index (κ3) is 1.50. The van der Waals surface area contributed by atoms with Crippen molar-refractivity contribution in [3.8, 4) is 5.75 Å². The molecule has 1 aromatic rings. The molecule has 54 valence electrons. The molecular formula is C6H5IO3. The number of hydrogen-bond acceptors (Lipinski definition) is 3. The lowest BCUT2D eigenvalue weighted by molar-refractivity contribution is 0.420. The van der Waals surface area contributed by atoms with Crippen LogP contribution in [0, 0.1) is 0 Å². The molecule has 0 fully saturated rings. The molecule has 0 aliphatic rings. The molecule has 4 heteroatoms. The lowest BCUT2D eigenvalue weighted by atomic mass is 10.4. The molecule has 1 heterocycles. The Bertz CT molecular complexity index is 279. The summed E-state index contributed by atoms with van der Waals surface area (Å²) in [6.45, 7) is 0. The quantitative estimate of drug-likeness (QED) is 0.605. The van der Waals surface area contributed by atoms with Crippen LogP contribution in [-0.4, -0.2) is 5.11 Å². The van der Waals surface area contributed by atoms with Crippen molar-refractivity contribution in [1.82, 2.24) is 0 Å². The number of aromatic hydroxyl groups is 1. The maximum Gasteiger partial charge on any atom is 0.226 e. The molecule has 10 heavy (non-hydrogen) atoms. The molecule has 0 aliphatic heterocycles. The normalized spacial score (nSPS) is 9.70. The second kappa shape index (κ2) is 3.05. The molecule has 0 spiro atoms. The van der Waals surface area contributed by atoms with Crippen molar-refractivity contribution in [2.75, 3.05) is 0 Å². The van der Waals surface area contributed by atoms with E-state index < -0.39 is 5.43 Å². The summed E-state index contributed by atoms with van der Waals surface area (Å²) in [5, 5.41) is 8.73. The summed E-state index contributed by atoms with van der Waals surface area (Å²) >= 11 is 2.07. The summed E-state index contributed by atoms with van der Waals surface area (Å²) in [6.07, 6.45) is 1.05. The third-order valence-electron chi connectivity index (χ3n) is 0.998. The van der Waals surface area contributed by atoms with Crippen LogP contribution in [0.5, 0.6) is 5.75 Å². The fourth-order valence-electron chi connectivity index (χ4n) is 0.514. The van der Waals surface area contributed by atoms with Crippen LogP contribution < -0.4 is 5.43 Å². The van der Waals surface area contributed by atoms with Gasteiger partial charge in [0.1, 0.15) is 12.0 Å². The zero-order chi connectivity index (χ0) is 7.56. The van der Waals surface area contributed by atoms with E-state index in [0.717, 1.165) is 6.26 Å². The fraction of sp³-hybridized carbons (Fsp3) is 0.167. The highest BCUT2D eigenvalue weighted by Crippen LogP contribution is 2.06. The zero-order valence-corrected chi connectivity index (χ0v) is 7.16. The highest BCUT2D eigenvalue weighted by molar-refractivity contribution is 14.1. The molecule has 0 saturated heterocycles. The van der Waals surface area contributed by atoms with Gasteiger partial charge < -0.3 is 9.52 Å². The van der Waals surface area contributed by atoms with Crippen LogP contribution in [0.1, 0.15) is 5.76 Å². The lowest BCUT2D eigenvalue weighted by Gasteiger charge is -1.92. The Morgan fingerprint density at radius 1 is 1.70 bits per heavy atom. The Hall–Kier alpha value is -0.520. The van der Waals surface area contributed by atoms with Gasteiger partial charge in [0, 0.05) is 6.07 Å². The van der Waals surface area contributed by atoms with Crippen LogP contribution >= 0.6 is 22.6 Å². The summed E-state index contributed by atoms with van der Waals surface area (Å²) < 4.78 is 5.46. The van der Waals surface area contributed by atoms with Gasteiger partial charge in [0.2, 0.25) is 5.43 Å². The molecular weight excluding hydrogens is 247 g/mol. The molecule has 0 bridgehead atoms. The molecule has 1 N–H and O–H groups in total. The van der Waals surface area contributed by atoms with Gasteiger partial charge in [-0.05, 0) is 0 Å². The molecule has 1 rings (SSSR count). The van der Waals surface area contributed by atoms with Gasteiger partial charge in [-0.25, -0.2) is 0 Å².